The maximum Gasteiger partial charge on any atom is 0.259 e. The summed E-state index contributed by atoms with van der Waals surface area (Å²) in [5, 5.41) is 13.2. The molecule has 0 aliphatic heterocycles. The molecule has 0 bridgehead atoms. The fourth-order valence-corrected chi connectivity index (χ4v) is 4.94. The zero-order valence-corrected chi connectivity index (χ0v) is 18.3. The van der Waals surface area contributed by atoms with Crippen molar-refractivity contribution in [2.24, 2.45) is 0 Å². The first-order valence-corrected chi connectivity index (χ1v) is 10.7. The lowest BCUT2D eigenvalue weighted by Gasteiger charge is -2.12. The quantitative estimate of drug-likeness (QED) is 0.483. The number of H-pyrrole nitrogens is 1. The van der Waals surface area contributed by atoms with Crippen LogP contribution >= 0.6 is 23.1 Å². The Morgan fingerprint density at radius 2 is 2.07 bits per heavy atom. The van der Waals surface area contributed by atoms with Crippen LogP contribution in [0.25, 0.3) is 15.9 Å². The van der Waals surface area contributed by atoms with Crippen molar-refractivity contribution in [3.63, 3.8) is 0 Å². The molecular formula is C19H20N6O2S2. The zero-order chi connectivity index (χ0) is 20.7. The average molecular weight is 429 g/mol. The molecule has 1 aromatic carbocycles. The Labute approximate surface area is 175 Å². The number of fused-ring (bicyclic) bond motifs is 1. The summed E-state index contributed by atoms with van der Waals surface area (Å²) in [6, 6.07) is 5.82. The Hall–Kier alpha value is -2.72. The standard InChI is InChI=1S/C19H20N6O2S2/c1-9-6-7-14(27-5)13(8-9)25-19(22-23-24-25)29-12(4)16-20-17(26)15-10(2)11(3)28-18(15)21-16/h6-8,12H,1-5H3,(H,20,21,26). The van der Waals surface area contributed by atoms with Crippen LogP contribution in [0.1, 0.15) is 34.0 Å². The number of hydrogen-bond acceptors (Lipinski definition) is 8. The van der Waals surface area contributed by atoms with Gasteiger partial charge in [-0.05, 0) is 61.4 Å². The van der Waals surface area contributed by atoms with Gasteiger partial charge in [-0.2, -0.15) is 4.68 Å². The lowest BCUT2D eigenvalue weighted by Crippen LogP contribution is -2.13. The number of thiophene rings is 1. The highest BCUT2D eigenvalue weighted by molar-refractivity contribution is 7.99. The van der Waals surface area contributed by atoms with Gasteiger partial charge in [0.2, 0.25) is 5.16 Å². The summed E-state index contributed by atoms with van der Waals surface area (Å²) in [6.07, 6.45) is 0. The minimum Gasteiger partial charge on any atom is -0.494 e. The van der Waals surface area contributed by atoms with Gasteiger partial charge in [0.1, 0.15) is 22.1 Å². The minimum absolute atomic E-state index is 0.112. The SMILES string of the molecule is COc1ccc(C)cc1-n1nnnc1SC(C)c1nc2sc(C)c(C)c2c(=O)[nH]1. The van der Waals surface area contributed by atoms with Crippen LogP contribution in [-0.2, 0) is 0 Å². The average Bonchev–Trinajstić information content (AvgIpc) is 3.26. The van der Waals surface area contributed by atoms with E-state index < -0.39 is 0 Å². The van der Waals surface area contributed by atoms with Crippen LogP contribution in [0.2, 0.25) is 0 Å². The lowest BCUT2D eigenvalue weighted by molar-refractivity contribution is 0.410. The van der Waals surface area contributed by atoms with E-state index in [-0.39, 0.29) is 10.8 Å². The molecule has 1 atom stereocenters. The second kappa shape index (κ2) is 7.60. The first-order valence-electron chi connectivity index (χ1n) is 8.99. The molecule has 3 aromatic heterocycles. The molecule has 3 heterocycles. The van der Waals surface area contributed by atoms with Crippen LogP contribution in [0.3, 0.4) is 0 Å². The van der Waals surface area contributed by atoms with E-state index in [1.54, 1.807) is 11.8 Å². The van der Waals surface area contributed by atoms with Gasteiger partial charge in [0, 0.05) is 4.88 Å². The number of hydrogen-bond donors (Lipinski definition) is 1. The van der Waals surface area contributed by atoms with Gasteiger partial charge in [0.25, 0.3) is 5.56 Å². The number of aromatic nitrogens is 6. The van der Waals surface area contributed by atoms with Gasteiger partial charge in [-0.3, -0.25) is 4.79 Å². The van der Waals surface area contributed by atoms with E-state index in [1.807, 2.05) is 45.9 Å². The molecule has 0 aliphatic rings. The molecule has 1 unspecified atom stereocenters. The molecule has 8 nitrogen and oxygen atoms in total. The van der Waals surface area contributed by atoms with Crippen molar-refractivity contribution in [3.8, 4) is 11.4 Å². The number of nitrogens with one attached hydrogen (secondary N) is 1. The monoisotopic (exact) mass is 428 g/mol. The van der Waals surface area contributed by atoms with Crippen LogP contribution in [0.5, 0.6) is 5.75 Å². The molecule has 10 heteroatoms. The molecule has 0 radical (unpaired) electrons. The molecule has 150 valence electrons. The third kappa shape index (κ3) is 3.53. The maximum absolute atomic E-state index is 12.6. The third-order valence-corrected chi connectivity index (χ3v) is 6.87. The van der Waals surface area contributed by atoms with E-state index in [4.69, 9.17) is 4.74 Å². The lowest BCUT2D eigenvalue weighted by atomic mass is 10.2. The summed E-state index contributed by atoms with van der Waals surface area (Å²) in [7, 11) is 1.61. The summed E-state index contributed by atoms with van der Waals surface area (Å²) in [5.74, 6) is 1.27. The molecule has 0 amide bonds. The van der Waals surface area contributed by atoms with Gasteiger partial charge in [-0.15, -0.1) is 16.4 Å². The summed E-state index contributed by atoms with van der Waals surface area (Å²) >= 11 is 2.96. The fourth-order valence-electron chi connectivity index (χ4n) is 3.05. The molecule has 4 rings (SSSR count). The van der Waals surface area contributed by atoms with Crippen molar-refractivity contribution in [2.75, 3.05) is 7.11 Å². The number of tetrazole rings is 1. The predicted octanol–water partition coefficient (Wildman–Crippen LogP) is 3.75. The summed E-state index contributed by atoms with van der Waals surface area (Å²) in [5.41, 5.74) is 2.70. The Bertz CT molecular complexity index is 1260. The summed E-state index contributed by atoms with van der Waals surface area (Å²) in [6.45, 7) is 7.92. The maximum atomic E-state index is 12.6. The number of ether oxygens (including phenoxy) is 1. The second-order valence-electron chi connectivity index (χ2n) is 6.72. The minimum atomic E-state index is -0.157. The van der Waals surface area contributed by atoms with Gasteiger partial charge in [-0.25, -0.2) is 4.98 Å². The molecule has 0 fully saturated rings. The number of rotatable bonds is 5. The third-order valence-electron chi connectivity index (χ3n) is 4.73. The van der Waals surface area contributed by atoms with Crippen LogP contribution in [0.15, 0.2) is 28.2 Å². The molecule has 4 aromatic rings. The highest BCUT2D eigenvalue weighted by Crippen LogP contribution is 2.35. The normalized spacial score (nSPS) is 12.4. The summed E-state index contributed by atoms with van der Waals surface area (Å²) in [4.78, 5) is 22.1. The number of aromatic amines is 1. The van der Waals surface area contributed by atoms with Crippen molar-refractivity contribution < 1.29 is 4.74 Å². The van der Waals surface area contributed by atoms with E-state index in [9.17, 15) is 4.79 Å². The largest absolute Gasteiger partial charge is 0.494 e. The van der Waals surface area contributed by atoms with E-state index in [0.29, 0.717) is 22.1 Å². The van der Waals surface area contributed by atoms with Gasteiger partial charge in [0.15, 0.2) is 0 Å². The molecule has 0 saturated heterocycles. The van der Waals surface area contributed by atoms with E-state index in [2.05, 4.69) is 25.5 Å². The molecule has 1 N–H and O–H groups in total. The van der Waals surface area contributed by atoms with Gasteiger partial charge in [-0.1, -0.05) is 17.8 Å². The Morgan fingerprint density at radius 3 is 2.83 bits per heavy atom. The van der Waals surface area contributed by atoms with Crippen LogP contribution in [0.4, 0.5) is 0 Å². The highest BCUT2D eigenvalue weighted by Gasteiger charge is 2.20. The first-order chi connectivity index (χ1) is 13.9. The molecule has 0 aliphatic carbocycles. The Morgan fingerprint density at radius 1 is 1.28 bits per heavy atom. The first kappa shape index (κ1) is 19.6. The van der Waals surface area contributed by atoms with Gasteiger partial charge < -0.3 is 9.72 Å². The van der Waals surface area contributed by atoms with Crippen molar-refractivity contribution in [1.29, 1.82) is 0 Å². The zero-order valence-electron chi connectivity index (χ0n) is 16.7. The highest BCUT2D eigenvalue weighted by atomic mass is 32.2. The molecule has 0 saturated carbocycles. The summed E-state index contributed by atoms with van der Waals surface area (Å²) < 4.78 is 7.10. The van der Waals surface area contributed by atoms with Crippen molar-refractivity contribution in [2.45, 2.75) is 38.1 Å². The Kier molecular flexibility index (Phi) is 5.13. The second-order valence-corrected chi connectivity index (χ2v) is 9.23. The van der Waals surface area contributed by atoms with Gasteiger partial charge >= 0.3 is 0 Å². The number of aryl methyl sites for hydroxylation is 3. The van der Waals surface area contributed by atoms with Gasteiger partial charge in [0.05, 0.1) is 17.7 Å². The van der Waals surface area contributed by atoms with Crippen LogP contribution < -0.4 is 10.3 Å². The van der Waals surface area contributed by atoms with Crippen molar-refractivity contribution >= 4 is 33.3 Å². The Balaban J connectivity index is 1.70. The number of thioether (sulfide) groups is 1. The topological polar surface area (TPSA) is 98.6 Å². The van der Waals surface area contributed by atoms with Crippen molar-refractivity contribution in [1.82, 2.24) is 30.2 Å². The molecule has 29 heavy (non-hydrogen) atoms. The molecular weight excluding hydrogens is 408 g/mol. The fraction of sp³-hybridized carbons (Fsp3) is 0.316. The number of benzene rings is 1. The van der Waals surface area contributed by atoms with E-state index in [1.165, 1.54) is 23.1 Å². The van der Waals surface area contributed by atoms with Crippen LogP contribution in [0, 0.1) is 20.8 Å². The van der Waals surface area contributed by atoms with Crippen molar-refractivity contribution in [3.05, 3.63) is 50.4 Å². The van der Waals surface area contributed by atoms with E-state index >= 15 is 0 Å². The molecule has 0 spiro atoms. The smallest absolute Gasteiger partial charge is 0.259 e. The van der Waals surface area contributed by atoms with Crippen LogP contribution in [-0.4, -0.2) is 37.3 Å². The van der Waals surface area contributed by atoms with E-state index in [0.717, 1.165) is 26.5 Å². The number of methoxy groups -OCH3 is 1. The predicted molar refractivity (Wildman–Crippen MR) is 114 cm³/mol. The number of nitrogens with zero attached hydrogens (tertiary/aromatic N) is 5.